The molecule has 4 atom stereocenters. The van der Waals surface area contributed by atoms with Crippen LogP contribution in [0.25, 0.3) is 33.6 Å². The van der Waals surface area contributed by atoms with Crippen LogP contribution in [0.5, 0.6) is 5.75 Å². The van der Waals surface area contributed by atoms with E-state index >= 15 is 0 Å². The summed E-state index contributed by atoms with van der Waals surface area (Å²) in [6.07, 6.45) is 3.80. The van der Waals surface area contributed by atoms with Crippen molar-refractivity contribution in [1.82, 2.24) is 40.4 Å². The first-order valence-electron chi connectivity index (χ1n) is 19.8. The Balaban J connectivity index is 0.989. The number of carboxylic acid groups (broad SMARTS) is 2. The van der Waals surface area contributed by atoms with Gasteiger partial charge in [0.15, 0.2) is 0 Å². The molecule has 15 heteroatoms. The van der Waals surface area contributed by atoms with Gasteiger partial charge in [-0.3, -0.25) is 9.59 Å². The number of carbonyl (C=O) groups excluding carboxylic acids is 2. The van der Waals surface area contributed by atoms with E-state index in [1.807, 2.05) is 54.6 Å². The number of aromatic nitrogens is 4. The monoisotopic (exact) mass is 808 g/mol. The summed E-state index contributed by atoms with van der Waals surface area (Å²) < 4.78 is 5.76. The molecule has 0 saturated carbocycles. The molecule has 6 aromatic rings. The number of imidazole rings is 2. The van der Waals surface area contributed by atoms with Gasteiger partial charge >= 0.3 is 12.2 Å². The van der Waals surface area contributed by atoms with E-state index in [2.05, 4.69) is 25.6 Å². The maximum absolute atomic E-state index is 13.9. The maximum atomic E-state index is 13.9. The molecule has 8 rings (SSSR count). The predicted molar refractivity (Wildman–Crippen MR) is 222 cm³/mol. The van der Waals surface area contributed by atoms with Gasteiger partial charge in [-0.1, -0.05) is 91.0 Å². The average molecular weight is 809 g/mol. The fraction of sp³-hybridized carbons (Fsp3) is 0.244. The Morgan fingerprint density at radius 3 is 1.62 bits per heavy atom. The van der Waals surface area contributed by atoms with Crippen LogP contribution in [0.3, 0.4) is 0 Å². The van der Waals surface area contributed by atoms with E-state index in [1.165, 1.54) is 0 Å². The standard InChI is InChI=1S/C45H44N8O7/c1-60-37-21-20-31(24-32(37)34-26-47-41(49-34)36-15-9-23-53(36)43(55)39(51-45(58)59)30-12-6-3-7-13-30)27-16-18-28(19-17-27)33-25-46-40(48-33)35-14-8-22-52(35)42(54)38(50-44(56)57)29-10-4-2-5-11-29/h2-7,10-13,16-21,24-26,35-36,38-39,50-51H,8-9,14-15,22-23H2,1H3,(H,46,48)(H,47,49)(H,56,57)(H,58,59)/t35?,36-,38?,39+/m0/s1. The minimum atomic E-state index is -1.28. The molecular formula is C45H44N8O7. The summed E-state index contributed by atoms with van der Waals surface area (Å²) in [6.45, 7) is 0.960. The van der Waals surface area contributed by atoms with Crippen LogP contribution in [0.2, 0.25) is 0 Å². The van der Waals surface area contributed by atoms with E-state index in [4.69, 9.17) is 9.72 Å². The molecule has 2 aromatic heterocycles. The van der Waals surface area contributed by atoms with Crippen molar-refractivity contribution in [1.29, 1.82) is 0 Å². The zero-order chi connectivity index (χ0) is 41.8. The van der Waals surface area contributed by atoms with Gasteiger partial charge in [0, 0.05) is 18.7 Å². The zero-order valence-electron chi connectivity index (χ0n) is 32.7. The molecule has 2 aliphatic rings. The first-order valence-corrected chi connectivity index (χ1v) is 19.8. The van der Waals surface area contributed by atoms with Gasteiger partial charge in [-0.2, -0.15) is 0 Å². The van der Waals surface area contributed by atoms with Crippen LogP contribution in [0.4, 0.5) is 9.59 Å². The number of ether oxygens (including phenoxy) is 1. The molecule has 4 heterocycles. The minimum Gasteiger partial charge on any atom is -0.496 e. The van der Waals surface area contributed by atoms with Crippen LogP contribution in [0.1, 0.15) is 72.6 Å². The molecule has 0 spiro atoms. The second-order valence-electron chi connectivity index (χ2n) is 14.8. The molecule has 2 saturated heterocycles. The van der Waals surface area contributed by atoms with E-state index in [9.17, 15) is 29.4 Å². The highest BCUT2D eigenvalue weighted by atomic mass is 16.5. The van der Waals surface area contributed by atoms with Gasteiger partial charge in [0.2, 0.25) is 0 Å². The van der Waals surface area contributed by atoms with Crippen LogP contribution < -0.4 is 15.4 Å². The smallest absolute Gasteiger partial charge is 0.405 e. The molecule has 60 heavy (non-hydrogen) atoms. The van der Waals surface area contributed by atoms with E-state index in [-0.39, 0.29) is 23.9 Å². The number of hydrogen-bond donors (Lipinski definition) is 6. The van der Waals surface area contributed by atoms with Gasteiger partial charge in [0.25, 0.3) is 11.8 Å². The number of nitrogens with zero attached hydrogens (tertiary/aromatic N) is 4. The molecule has 0 bridgehead atoms. The Morgan fingerprint density at radius 2 is 1.12 bits per heavy atom. The summed E-state index contributed by atoms with van der Waals surface area (Å²) in [5.74, 6) is 1.22. The first kappa shape index (κ1) is 39.4. The number of likely N-dealkylation sites (tertiary alicyclic amines) is 2. The van der Waals surface area contributed by atoms with Crippen molar-refractivity contribution in [3.05, 3.63) is 138 Å². The highest BCUT2D eigenvalue weighted by Gasteiger charge is 2.38. The maximum Gasteiger partial charge on any atom is 0.405 e. The summed E-state index contributed by atoms with van der Waals surface area (Å²) in [7, 11) is 1.61. The van der Waals surface area contributed by atoms with Crippen LogP contribution >= 0.6 is 0 Å². The summed E-state index contributed by atoms with van der Waals surface area (Å²) in [6, 6.07) is 28.8. The fourth-order valence-electron chi connectivity index (χ4n) is 8.31. The molecule has 15 nitrogen and oxygen atoms in total. The lowest BCUT2D eigenvalue weighted by molar-refractivity contribution is -0.135. The van der Waals surface area contributed by atoms with Crippen LogP contribution in [-0.2, 0) is 9.59 Å². The van der Waals surface area contributed by atoms with E-state index in [0.717, 1.165) is 40.8 Å². The molecule has 306 valence electrons. The third kappa shape index (κ3) is 8.14. The Labute approximate surface area is 345 Å². The Morgan fingerprint density at radius 1 is 0.650 bits per heavy atom. The minimum absolute atomic E-state index is 0.322. The normalized spacial score (nSPS) is 17.2. The number of amides is 4. The largest absolute Gasteiger partial charge is 0.496 e. The van der Waals surface area contributed by atoms with Gasteiger partial charge in [-0.05, 0) is 65.6 Å². The number of methoxy groups -OCH3 is 1. The number of aromatic amines is 2. The lowest BCUT2D eigenvalue weighted by Crippen LogP contribution is -2.42. The quantitative estimate of drug-likeness (QED) is 0.0724. The highest BCUT2D eigenvalue weighted by Crippen LogP contribution is 2.38. The van der Waals surface area contributed by atoms with E-state index in [0.29, 0.717) is 60.2 Å². The van der Waals surface area contributed by atoms with E-state index in [1.54, 1.807) is 77.8 Å². The van der Waals surface area contributed by atoms with Crippen molar-refractivity contribution >= 4 is 24.0 Å². The number of rotatable bonds is 12. The number of hydrogen-bond acceptors (Lipinski definition) is 7. The molecule has 4 amide bonds. The summed E-state index contributed by atoms with van der Waals surface area (Å²) in [5.41, 5.74) is 6.21. The summed E-state index contributed by atoms with van der Waals surface area (Å²) >= 11 is 0. The van der Waals surface area contributed by atoms with Crippen LogP contribution in [0, 0.1) is 0 Å². The van der Waals surface area contributed by atoms with Gasteiger partial charge in [-0.25, -0.2) is 19.6 Å². The topological polar surface area (TPSA) is 206 Å². The van der Waals surface area contributed by atoms with Crippen molar-refractivity contribution in [3.8, 4) is 39.4 Å². The second-order valence-corrected chi connectivity index (χ2v) is 14.8. The third-order valence-corrected chi connectivity index (χ3v) is 11.2. The SMILES string of the molecule is COc1ccc(-c2ccc(-c3cnc(C4CCCN4C(=O)C(NC(=O)O)c4ccccc4)[nH]3)cc2)cc1-c1cnc([C@@H]2CCCN2C(=O)[C@H](NC(=O)O)c2ccccc2)[nH]1. The van der Waals surface area contributed by atoms with Crippen molar-refractivity contribution in [3.63, 3.8) is 0 Å². The summed E-state index contributed by atoms with van der Waals surface area (Å²) in [5, 5.41) is 23.9. The number of carbonyl (C=O) groups is 4. The first-order chi connectivity index (χ1) is 29.2. The molecule has 0 aliphatic carbocycles. The predicted octanol–water partition coefficient (Wildman–Crippen LogP) is 7.49. The molecule has 2 unspecified atom stereocenters. The Bertz CT molecular complexity index is 2490. The number of nitrogens with one attached hydrogen (secondary N) is 4. The van der Waals surface area contributed by atoms with Crippen LogP contribution in [0.15, 0.2) is 116 Å². The van der Waals surface area contributed by atoms with E-state index < -0.39 is 24.3 Å². The molecule has 0 radical (unpaired) electrons. The Hall–Kier alpha value is -7.42. The van der Waals surface area contributed by atoms with Crippen LogP contribution in [-0.4, -0.2) is 84.1 Å². The second kappa shape index (κ2) is 17.2. The van der Waals surface area contributed by atoms with Crippen molar-refractivity contribution in [2.75, 3.05) is 20.2 Å². The van der Waals surface area contributed by atoms with Gasteiger partial charge in [-0.15, -0.1) is 0 Å². The molecule has 2 fully saturated rings. The fourth-order valence-corrected chi connectivity index (χ4v) is 8.31. The molecule has 2 aliphatic heterocycles. The molecular weight excluding hydrogens is 765 g/mol. The average Bonchev–Trinajstić information content (AvgIpc) is 4.12. The third-order valence-electron chi connectivity index (χ3n) is 11.2. The lowest BCUT2D eigenvalue weighted by atomic mass is 9.99. The van der Waals surface area contributed by atoms with Gasteiger partial charge in [0.05, 0.1) is 43.0 Å². The molecule has 4 aromatic carbocycles. The van der Waals surface area contributed by atoms with Gasteiger partial charge in [0.1, 0.15) is 29.5 Å². The summed E-state index contributed by atoms with van der Waals surface area (Å²) in [4.78, 5) is 70.6. The highest BCUT2D eigenvalue weighted by molar-refractivity contribution is 5.88. The van der Waals surface area contributed by atoms with Crippen molar-refractivity contribution in [2.24, 2.45) is 0 Å². The van der Waals surface area contributed by atoms with Crippen molar-refractivity contribution in [2.45, 2.75) is 49.9 Å². The van der Waals surface area contributed by atoms with Crippen molar-refractivity contribution < 1.29 is 34.1 Å². The number of H-pyrrole nitrogens is 2. The lowest BCUT2D eigenvalue weighted by Gasteiger charge is -2.28. The van der Waals surface area contributed by atoms with Gasteiger partial charge < -0.3 is 45.4 Å². The zero-order valence-corrected chi connectivity index (χ0v) is 32.7. The Kier molecular flexibility index (Phi) is 11.3. The molecule has 6 N–H and O–H groups in total. The number of benzene rings is 4.